The topological polar surface area (TPSA) is 88.2 Å². The van der Waals surface area contributed by atoms with E-state index >= 15 is 0 Å². The molecule has 0 amide bonds. The first-order valence-electron chi connectivity index (χ1n) is 4.03. The summed E-state index contributed by atoms with van der Waals surface area (Å²) in [5, 5.41) is 9.33. The number of hydrogen-bond donors (Lipinski definition) is 3. The fourth-order valence-corrected chi connectivity index (χ4v) is 1.02. The van der Waals surface area contributed by atoms with Crippen molar-refractivity contribution in [3.8, 4) is 0 Å². The van der Waals surface area contributed by atoms with Crippen molar-refractivity contribution < 1.29 is 13.9 Å². The standard InChI is InChI=1S/C9H10FN3O2/c1-15-8(14)6-3-2-5(4-7(6)10)13-9(11)12/h2-4H,1H3,(H4,11,12,13). The molecule has 1 aromatic rings. The van der Waals surface area contributed by atoms with Gasteiger partial charge in [-0.2, -0.15) is 0 Å². The van der Waals surface area contributed by atoms with Crippen LogP contribution in [0, 0.1) is 11.2 Å². The van der Waals surface area contributed by atoms with Gasteiger partial charge in [0.05, 0.1) is 12.7 Å². The van der Waals surface area contributed by atoms with Crippen molar-refractivity contribution in [2.24, 2.45) is 5.73 Å². The molecule has 1 rings (SSSR count). The molecule has 0 radical (unpaired) electrons. The first kappa shape index (κ1) is 11.0. The van der Waals surface area contributed by atoms with Crippen molar-refractivity contribution in [2.75, 3.05) is 12.4 Å². The molecule has 0 spiro atoms. The van der Waals surface area contributed by atoms with Gasteiger partial charge in [-0.3, -0.25) is 5.41 Å². The lowest BCUT2D eigenvalue weighted by atomic mass is 10.2. The minimum atomic E-state index is -0.748. The number of nitrogens with one attached hydrogen (secondary N) is 2. The van der Waals surface area contributed by atoms with Gasteiger partial charge < -0.3 is 15.8 Å². The molecule has 80 valence electrons. The van der Waals surface area contributed by atoms with Gasteiger partial charge in [0.15, 0.2) is 5.96 Å². The molecule has 0 aliphatic carbocycles. The SMILES string of the molecule is COC(=O)c1ccc(NC(=N)N)cc1F. The highest BCUT2D eigenvalue weighted by Crippen LogP contribution is 2.14. The number of esters is 1. The van der Waals surface area contributed by atoms with Crippen molar-refractivity contribution in [3.05, 3.63) is 29.6 Å². The molecule has 6 heteroatoms. The van der Waals surface area contributed by atoms with Crippen molar-refractivity contribution in [1.82, 2.24) is 0 Å². The lowest BCUT2D eigenvalue weighted by Gasteiger charge is -2.05. The molecule has 0 saturated carbocycles. The van der Waals surface area contributed by atoms with Crippen molar-refractivity contribution in [3.63, 3.8) is 0 Å². The summed E-state index contributed by atoms with van der Waals surface area (Å²) >= 11 is 0. The van der Waals surface area contributed by atoms with E-state index in [2.05, 4.69) is 10.1 Å². The highest BCUT2D eigenvalue weighted by molar-refractivity contribution is 5.92. The number of benzene rings is 1. The Kier molecular flexibility index (Phi) is 3.22. The van der Waals surface area contributed by atoms with E-state index in [4.69, 9.17) is 11.1 Å². The predicted octanol–water partition coefficient (Wildman–Crippen LogP) is 0.918. The highest BCUT2D eigenvalue weighted by atomic mass is 19.1. The highest BCUT2D eigenvalue weighted by Gasteiger charge is 2.12. The third kappa shape index (κ3) is 2.67. The van der Waals surface area contributed by atoms with Crippen molar-refractivity contribution in [1.29, 1.82) is 5.41 Å². The number of anilines is 1. The molecule has 5 nitrogen and oxygen atoms in total. The summed E-state index contributed by atoms with van der Waals surface area (Å²) < 4.78 is 17.7. The molecular weight excluding hydrogens is 201 g/mol. The summed E-state index contributed by atoms with van der Waals surface area (Å²) in [6.45, 7) is 0. The molecular formula is C9H10FN3O2. The normalized spacial score (nSPS) is 9.47. The first-order chi connectivity index (χ1) is 7.04. The summed E-state index contributed by atoms with van der Waals surface area (Å²) in [6.07, 6.45) is 0. The summed E-state index contributed by atoms with van der Waals surface area (Å²) in [7, 11) is 1.17. The van der Waals surface area contributed by atoms with Crippen LogP contribution in [0.5, 0.6) is 0 Å². The van der Waals surface area contributed by atoms with Crippen LogP contribution in [0.2, 0.25) is 0 Å². The summed E-state index contributed by atoms with van der Waals surface area (Å²) in [4.78, 5) is 11.0. The Bertz CT molecular complexity index is 406. The van der Waals surface area contributed by atoms with E-state index in [-0.39, 0.29) is 11.5 Å². The Labute approximate surface area is 85.5 Å². The number of carbonyl (C=O) groups excluding carboxylic acids is 1. The van der Waals surface area contributed by atoms with Crippen molar-refractivity contribution >= 4 is 17.6 Å². The van der Waals surface area contributed by atoms with Gasteiger partial charge in [-0.05, 0) is 18.2 Å². The van der Waals surface area contributed by atoms with Crippen LogP contribution < -0.4 is 11.1 Å². The largest absolute Gasteiger partial charge is 0.465 e. The van der Waals surface area contributed by atoms with Gasteiger partial charge in [0.25, 0.3) is 0 Å². The second kappa shape index (κ2) is 4.41. The maximum absolute atomic E-state index is 13.3. The van der Waals surface area contributed by atoms with E-state index in [1.54, 1.807) is 0 Å². The van der Waals surface area contributed by atoms with Gasteiger partial charge >= 0.3 is 5.97 Å². The number of hydrogen-bond acceptors (Lipinski definition) is 3. The Morgan fingerprint density at radius 1 is 1.60 bits per heavy atom. The zero-order chi connectivity index (χ0) is 11.4. The molecule has 4 N–H and O–H groups in total. The van der Waals surface area contributed by atoms with E-state index in [1.165, 1.54) is 19.2 Å². The average molecular weight is 211 g/mol. The molecule has 0 aromatic heterocycles. The maximum Gasteiger partial charge on any atom is 0.340 e. The predicted molar refractivity (Wildman–Crippen MR) is 53.3 cm³/mol. The van der Waals surface area contributed by atoms with E-state index in [0.29, 0.717) is 5.69 Å². The van der Waals surface area contributed by atoms with E-state index in [9.17, 15) is 9.18 Å². The lowest BCUT2D eigenvalue weighted by molar-refractivity contribution is 0.0595. The van der Waals surface area contributed by atoms with Gasteiger partial charge in [0.2, 0.25) is 0 Å². The van der Waals surface area contributed by atoms with E-state index in [0.717, 1.165) is 6.07 Å². The summed E-state index contributed by atoms with van der Waals surface area (Å²) in [5.41, 5.74) is 5.19. The molecule has 0 aliphatic heterocycles. The monoisotopic (exact) mass is 211 g/mol. The van der Waals surface area contributed by atoms with Gasteiger partial charge in [0.1, 0.15) is 5.82 Å². The number of guanidine groups is 1. The van der Waals surface area contributed by atoms with Crippen LogP contribution in [0.15, 0.2) is 18.2 Å². The van der Waals surface area contributed by atoms with Crippen molar-refractivity contribution in [2.45, 2.75) is 0 Å². The Morgan fingerprint density at radius 2 is 2.27 bits per heavy atom. The fraction of sp³-hybridized carbons (Fsp3) is 0.111. The van der Waals surface area contributed by atoms with Crippen LogP contribution in [0.4, 0.5) is 10.1 Å². The molecule has 0 unspecified atom stereocenters. The smallest absolute Gasteiger partial charge is 0.340 e. The second-order valence-electron chi connectivity index (χ2n) is 2.72. The van der Waals surface area contributed by atoms with Crippen LogP contribution in [-0.2, 0) is 4.74 Å². The van der Waals surface area contributed by atoms with E-state index in [1.807, 2.05) is 0 Å². The molecule has 15 heavy (non-hydrogen) atoms. The second-order valence-corrected chi connectivity index (χ2v) is 2.72. The van der Waals surface area contributed by atoms with E-state index < -0.39 is 11.8 Å². The number of halogens is 1. The quantitative estimate of drug-likeness (QED) is 0.385. The van der Waals surface area contributed by atoms with Crippen LogP contribution in [-0.4, -0.2) is 19.0 Å². The number of methoxy groups -OCH3 is 1. The molecule has 0 saturated heterocycles. The van der Waals surface area contributed by atoms with Crippen LogP contribution in [0.1, 0.15) is 10.4 Å². The molecule has 0 heterocycles. The Balaban J connectivity index is 2.97. The zero-order valence-corrected chi connectivity index (χ0v) is 8.00. The minimum Gasteiger partial charge on any atom is -0.465 e. The Morgan fingerprint density at radius 3 is 2.73 bits per heavy atom. The average Bonchev–Trinajstić information content (AvgIpc) is 2.16. The van der Waals surface area contributed by atoms with Crippen LogP contribution >= 0.6 is 0 Å². The number of carbonyl (C=O) groups is 1. The number of nitrogens with two attached hydrogens (primary N) is 1. The third-order valence-corrected chi connectivity index (χ3v) is 1.65. The molecule has 0 bridgehead atoms. The Hall–Kier alpha value is -2.11. The molecule has 0 aliphatic rings. The van der Waals surface area contributed by atoms with Gasteiger partial charge in [-0.15, -0.1) is 0 Å². The lowest BCUT2D eigenvalue weighted by Crippen LogP contribution is -2.20. The first-order valence-corrected chi connectivity index (χ1v) is 4.03. The minimum absolute atomic E-state index is 0.161. The van der Waals surface area contributed by atoms with Gasteiger partial charge in [-0.1, -0.05) is 0 Å². The maximum atomic E-state index is 13.3. The molecule has 0 atom stereocenters. The summed E-state index contributed by atoms with van der Waals surface area (Å²) in [5.74, 6) is -1.78. The van der Waals surface area contributed by atoms with Gasteiger partial charge in [0, 0.05) is 5.69 Å². The van der Waals surface area contributed by atoms with Crippen LogP contribution in [0.25, 0.3) is 0 Å². The fourth-order valence-electron chi connectivity index (χ4n) is 1.02. The third-order valence-electron chi connectivity index (χ3n) is 1.65. The number of ether oxygens (including phenoxy) is 1. The summed E-state index contributed by atoms with van der Waals surface area (Å²) in [6, 6.07) is 3.75. The van der Waals surface area contributed by atoms with Gasteiger partial charge in [-0.25, -0.2) is 9.18 Å². The molecule has 1 aromatic carbocycles. The van der Waals surface area contributed by atoms with Crippen LogP contribution in [0.3, 0.4) is 0 Å². The zero-order valence-electron chi connectivity index (χ0n) is 8.00. The molecule has 0 fully saturated rings. The number of rotatable bonds is 2.